The zero-order valence-electron chi connectivity index (χ0n) is 10.7. The molecule has 1 N–H and O–H groups in total. The number of benzene rings is 1. The van der Waals surface area contributed by atoms with E-state index in [-0.39, 0.29) is 0 Å². The molecule has 1 unspecified atom stereocenters. The van der Waals surface area contributed by atoms with Gasteiger partial charge in [0.15, 0.2) is 0 Å². The van der Waals surface area contributed by atoms with Crippen LogP contribution in [0.2, 0.25) is 0 Å². The summed E-state index contributed by atoms with van der Waals surface area (Å²) in [5.74, 6) is 0.955. The highest BCUT2D eigenvalue weighted by Crippen LogP contribution is 2.34. The van der Waals surface area contributed by atoms with E-state index in [4.69, 9.17) is 0 Å². The van der Waals surface area contributed by atoms with Crippen LogP contribution in [0.5, 0.6) is 0 Å². The van der Waals surface area contributed by atoms with Gasteiger partial charge in [-0.05, 0) is 69.2 Å². The zero-order chi connectivity index (χ0) is 11.5. The molecule has 0 bridgehead atoms. The molecule has 1 aliphatic rings. The molecule has 2 rings (SSSR count). The highest BCUT2D eigenvalue weighted by molar-refractivity contribution is 5.30. The van der Waals surface area contributed by atoms with Gasteiger partial charge in [0.05, 0.1) is 0 Å². The molecule has 16 heavy (non-hydrogen) atoms. The van der Waals surface area contributed by atoms with E-state index >= 15 is 0 Å². The summed E-state index contributed by atoms with van der Waals surface area (Å²) < 4.78 is 0. The average Bonchev–Trinajstić information content (AvgIpc) is 3.08. The van der Waals surface area contributed by atoms with Crippen molar-refractivity contribution in [1.82, 2.24) is 5.32 Å². The summed E-state index contributed by atoms with van der Waals surface area (Å²) in [6.07, 6.45) is 5.35. The third-order valence-electron chi connectivity index (χ3n) is 3.88. The Hall–Kier alpha value is -0.820. The summed E-state index contributed by atoms with van der Waals surface area (Å²) in [5, 5.41) is 3.46. The predicted octanol–water partition coefficient (Wildman–Crippen LogP) is 3.23. The minimum Gasteiger partial charge on any atom is -0.317 e. The van der Waals surface area contributed by atoms with Gasteiger partial charge in [-0.25, -0.2) is 0 Å². The van der Waals surface area contributed by atoms with Crippen molar-refractivity contribution in [1.29, 1.82) is 0 Å². The van der Waals surface area contributed by atoms with Crippen LogP contribution < -0.4 is 5.32 Å². The molecule has 0 aliphatic heterocycles. The van der Waals surface area contributed by atoms with Gasteiger partial charge in [0.2, 0.25) is 0 Å². The molecule has 88 valence electrons. The lowest BCUT2D eigenvalue weighted by molar-refractivity contribution is 0.470. The first-order chi connectivity index (χ1) is 7.70. The van der Waals surface area contributed by atoms with E-state index in [9.17, 15) is 0 Å². The molecule has 1 atom stereocenters. The molecule has 0 radical (unpaired) electrons. The van der Waals surface area contributed by atoms with Crippen LogP contribution in [0.15, 0.2) is 18.2 Å². The van der Waals surface area contributed by atoms with Crippen molar-refractivity contribution in [2.75, 3.05) is 7.05 Å². The van der Waals surface area contributed by atoms with Crippen molar-refractivity contribution in [3.05, 3.63) is 34.9 Å². The van der Waals surface area contributed by atoms with Crippen molar-refractivity contribution in [3.63, 3.8) is 0 Å². The van der Waals surface area contributed by atoms with Gasteiger partial charge in [-0.2, -0.15) is 0 Å². The Bertz CT molecular complexity index is 352. The molecule has 0 saturated heterocycles. The quantitative estimate of drug-likeness (QED) is 0.798. The standard InChI is InChI=1S/C15H23N/c1-11-4-5-13(10-12(11)2)6-9-15(16-3)14-7-8-14/h4-5,10,14-16H,6-9H2,1-3H3. The number of aryl methyl sites for hydroxylation is 3. The number of rotatable bonds is 5. The minimum absolute atomic E-state index is 0.738. The van der Waals surface area contributed by atoms with Crippen LogP contribution in [0.4, 0.5) is 0 Å². The third kappa shape index (κ3) is 2.85. The summed E-state index contributed by atoms with van der Waals surface area (Å²) in [6, 6.07) is 7.61. The van der Waals surface area contributed by atoms with Crippen molar-refractivity contribution >= 4 is 0 Å². The van der Waals surface area contributed by atoms with Crippen LogP contribution in [-0.4, -0.2) is 13.1 Å². The molecular formula is C15H23N. The molecule has 1 aromatic rings. The first-order valence-corrected chi connectivity index (χ1v) is 6.44. The highest BCUT2D eigenvalue weighted by Gasteiger charge is 2.29. The van der Waals surface area contributed by atoms with Gasteiger partial charge in [0.1, 0.15) is 0 Å². The normalized spacial score (nSPS) is 17.4. The van der Waals surface area contributed by atoms with Gasteiger partial charge in [-0.15, -0.1) is 0 Å². The smallest absolute Gasteiger partial charge is 0.00954 e. The van der Waals surface area contributed by atoms with E-state index in [1.807, 2.05) is 0 Å². The van der Waals surface area contributed by atoms with Gasteiger partial charge in [-0.3, -0.25) is 0 Å². The Morgan fingerprint density at radius 2 is 2.00 bits per heavy atom. The summed E-state index contributed by atoms with van der Waals surface area (Å²) >= 11 is 0. The molecule has 0 aromatic heterocycles. The van der Waals surface area contributed by atoms with E-state index in [0.717, 1.165) is 12.0 Å². The molecule has 1 fully saturated rings. The van der Waals surface area contributed by atoms with E-state index in [1.54, 1.807) is 0 Å². The van der Waals surface area contributed by atoms with Crippen LogP contribution in [0.25, 0.3) is 0 Å². The SMILES string of the molecule is CNC(CCc1ccc(C)c(C)c1)C1CC1. The summed E-state index contributed by atoms with van der Waals surface area (Å²) in [4.78, 5) is 0. The fourth-order valence-electron chi connectivity index (χ4n) is 2.40. The first kappa shape index (κ1) is 11.7. The van der Waals surface area contributed by atoms with Gasteiger partial charge in [0, 0.05) is 6.04 Å². The summed E-state index contributed by atoms with van der Waals surface area (Å²) in [6.45, 7) is 4.38. The van der Waals surface area contributed by atoms with E-state index in [1.165, 1.54) is 42.4 Å². The van der Waals surface area contributed by atoms with Gasteiger partial charge < -0.3 is 5.32 Å². The van der Waals surface area contributed by atoms with Crippen molar-refractivity contribution in [2.45, 2.75) is 45.6 Å². The Balaban J connectivity index is 1.90. The third-order valence-corrected chi connectivity index (χ3v) is 3.88. The second-order valence-electron chi connectivity index (χ2n) is 5.19. The number of hydrogen-bond acceptors (Lipinski definition) is 1. The highest BCUT2D eigenvalue weighted by atomic mass is 14.9. The van der Waals surface area contributed by atoms with Crippen LogP contribution >= 0.6 is 0 Å². The van der Waals surface area contributed by atoms with Crippen molar-refractivity contribution in [3.8, 4) is 0 Å². The van der Waals surface area contributed by atoms with Gasteiger partial charge in [-0.1, -0.05) is 18.2 Å². The first-order valence-electron chi connectivity index (χ1n) is 6.44. The monoisotopic (exact) mass is 217 g/mol. The van der Waals surface area contributed by atoms with Crippen molar-refractivity contribution in [2.24, 2.45) is 5.92 Å². The van der Waals surface area contributed by atoms with Crippen LogP contribution in [0.1, 0.15) is 36.0 Å². The van der Waals surface area contributed by atoms with E-state index in [0.29, 0.717) is 0 Å². The fraction of sp³-hybridized carbons (Fsp3) is 0.600. The average molecular weight is 217 g/mol. The summed E-state index contributed by atoms with van der Waals surface area (Å²) in [7, 11) is 2.10. The molecular weight excluding hydrogens is 194 g/mol. The molecule has 1 saturated carbocycles. The van der Waals surface area contributed by atoms with Crippen molar-refractivity contribution < 1.29 is 0 Å². The second-order valence-corrected chi connectivity index (χ2v) is 5.19. The molecule has 1 aliphatic carbocycles. The topological polar surface area (TPSA) is 12.0 Å². The molecule has 0 heterocycles. The predicted molar refractivity (Wildman–Crippen MR) is 69.8 cm³/mol. The Morgan fingerprint density at radius 3 is 2.56 bits per heavy atom. The Kier molecular flexibility index (Phi) is 3.65. The molecule has 1 nitrogen and oxygen atoms in total. The molecule has 0 spiro atoms. The lowest BCUT2D eigenvalue weighted by atomic mass is 9.99. The number of hydrogen-bond donors (Lipinski definition) is 1. The number of nitrogens with one attached hydrogen (secondary N) is 1. The fourth-order valence-corrected chi connectivity index (χ4v) is 2.40. The second kappa shape index (κ2) is 5.01. The van der Waals surface area contributed by atoms with E-state index < -0.39 is 0 Å². The van der Waals surface area contributed by atoms with Crippen LogP contribution in [-0.2, 0) is 6.42 Å². The molecule has 1 heteroatoms. The van der Waals surface area contributed by atoms with Crippen LogP contribution in [0.3, 0.4) is 0 Å². The van der Waals surface area contributed by atoms with Gasteiger partial charge >= 0.3 is 0 Å². The largest absolute Gasteiger partial charge is 0.317 e. The lowest BCUT2D eigenvalue weighted by Gasteiger charge is -2.15. The lowest BCUT2D eigenvalue weighted by Crippen LogP contribution is -2.27. The maximum absolute atomic E-state index is 3.46. The van der Waals surface area contributed by atoms with Gasteiger partial charge in [0.25, 0.3) is 0 Å². The molecule has 0 amide bonds. The maximum Gasteiger partial charge on any atom is 0.00954 e. The summed E-state index contributed by atoms with van der Waals surface area (Å²) in [5.41, 5.74) is 4.31. The Labute approximate surface area is 99.3 Å². The van der Waals surface area contributed by atoms with Crippen LogP contribution in [0, 0.1) is 19.8 Å². The molecule has 1 aromatic carbocycles. The minimum atomic E-state index is 0.738. The Morgan fingerprint density at radius 1 is 1.25 bits per heavy atom. The van der Waals surface area contributed by atoms with E-state index in [2.05, 4.69) is 44.4 Å². The maximum atomic E-state index is 3.46. The zero-order valence-corrected chi connectivity index (χ0v) is 10.7.